The molecule has 0 saturated heterocycles. The van der Waals surface area contributed by atoms with Crippen LogP contribution in [0.4, 0.5) is 8.78 Å². The molecular formula is C22H21F2N7OS. The average Bonchev–Trinajstić information content (AvgIpc) is 3.24. The molecule has 0 bridgehead atoms. The molecule has 8 nitrogen and oxygen atoms in total. The van der Waals surface area contributed by atoms with Crippen molar-refractivity contribution in [1.29, 1.82) is 5.41 Å². The van der Waals surface area contributed by atoms with Crippen molar-refractivity contribution in [2.24, 2.45) is 10.9 Å². The van der Waals surface area contributed by atoms with Crippen LogP contribution in [0.1, 0.15) is 30.7 Å². The number of thioether (sulfide) groups is 1. The molecule has 3 aromatic rings. The van der Waals surface area contributed by atoms with Crippen molar-refractivity contribution < 1.29 is 13.5 Å². The first-order chi connectivity index (χ1) is 16.1. The average molecular weight is 470 g/mol. The van der Waals surface area contributed by atoms with Gasteiger partial charge in [0.05, 0.1) is 11.9 Å². The maximum Gasteiger partial charge on any atom is 0.196 e. The molecule has 11 heteroatoms. The molecule has 1 unspecified atom stereocenters. The molecule has 33 heavy (non-hydrogen) atoms. The van der Waals surface area contributed by atoms with Crippen LogP contribution in [0.5, 0.6) is 5.75 Å². The summed E-state index contributed by atoms with van der Waals surface area (Å²) in [5.74, 6) is 3.62. The Kier molecular flexibility index (Phi) is 7.08. The number of aromatic nitrogens is 4. The molecule has 1 aliphatic rings. The first kappa shape index (κ1) is 22.6. The van der Waals surface area contributed by atoms with E-state index in [2.05, 4.69) is 32.4 Å². The van der Waals surface area contributed by atoms with Crippen LogP contribution < -0.4 is 10.6 Å². The van der Waals surface area contributed by atoms with E-state index in [1.165, 1.54) is 0 Å². The van der Waals surface area contributed by atoms with Gasteiger partial charge >= 0.3 is 0 Å². The first-order valence-electron chi connectivity index (χ1n) is 10.2. The van der Waals surface area contributed by atoms with Crippen LogP contribution in [0, 0.1) is 17.0 Å². The Morgan fingerprint density at radius 1 is 1.33 bits per heavy atom. The van der Waals surface area contributed by atoms with Crippen LogP contribution in [0.3, 0.4) is 0 Å². The molecule has 0 saturated carbocycles. The van der Waals surface area contributed by atoms with Crippen molar-refractivity contribution in [3.63, 3.8) is 0 Å². The highest BCUT2D eigenvalue weighted by Gasteiger charge is 2.21. The SMILES string of the molecule is N=CC(=NN)c1cc(F)c(OCc2nnc(SC3C=CCCC3)n2-c2cccnc2)cc1F. The summed E-state index contributed by atoms with van der Waals surface area (Å²) in [6.45, 7) is -0.152. The zero-order valence-corrected chi connectivity index (χ0v) is 18.3. The van der Waals surface area contributed by atoms with E-state index in [9.17, 15) is 8.78 Å². The number of hydrogen-bond donors (Lipinski definition) is 2. The summed E-state index contributed by atoms with van der Waals surface area (Å²) in [5.41, 5.74) is 0.322. The molecule has 0 aliphatic heterocycles. The van der Waals surface area contributed by atoms with Crippen LogP contribution in [0.2, 0.25) is 0 Å². The smallest absolute Gasteiger partial charge is 0.196 e. The number of pyridine rings is 1. The predicted molar refractivity (Wildman–Crippen MR) is 122 cm³/mol. The second-order valence-electron chi connectivity index (χ2n) is 7.17. The van der Waals surface area contributed by atoms with Gasteiger partial charge in [0.2, 0.25) is 0 Å². The van der Waals surface area contributed by atoms with Crippen molar-refractivity contribution >= 4 is 23.7 Å². The van der Waals surface area contributed by atoms with Crippen LogP contribution in [0.25, 0.3) is 5.69 Å². The standard InChI is InChI=1S/C22H21F2N7OS/c23-17-10-20(18(24)9-16(17)19(11-25)28-26)32-13-21-29-30-22(33-15-6-2-1-3-7-15)31(21)14-5-4-8-27-12-14/h2,4-6,8-12,15,25H,1,3,7,13,26H2. The number of benzene rings is 1. The van der Waals surface area contributed by atoms with E-state index in [4.69, 9.17) is 16.0 Å². The number of hydrogen-bond acceptors (Lipinski definition) is 8. The minimum atomic E-state index is -0.816. The van der Waals surface area contributed by atoms with Crippen molar-refractivity contribution in [3.8, 4) is 11.4 Å². The third kappa shape index (κ3) is 5.08. The molecular weight excluding hydrogens is 448 g/mol. The first-order valence-corrected chi connectivity index (χ1v) is 11.1. The van der Waals surface area contributed by atoms with E-state index >= 15 is 0 Å². The maximum absolute atomic E-state index is 14.6. The Hall–Kier alpha value is -3.60. The number of nitrogens with zero attached hydrogens (tertiary/aromatic N) is 5. The summed E-state index contributed by atoms with van der Waals surface area (Å²) in [5, 5.41) is 20.0. The van der Waals surface area contributed by atoms with Crippen molar-refractivity contribution in [3.05, 3.63) is 71.8 Å². The fourth-order valence-electron chi connectivity index (χ4n) is 3.39. The van der Waals surface area contributed by atoms with Gasteiger partial charge in [0.25, 0.3) is 0 Å². The molecule has 3 N–H and O–H groups in total. The zero-order valence-electron chi connectivity index (χ0n) is 17.5. The van der Waals surface area contributed by atoms with Crippen LogP contribution in [-0.2, 0) is 6.61 Å². The van der Waals surface area contributed by atoms with E-state index in [0.717, 1.165) is 43.3 Å². The molecule has 170 valence electrons. The van der Waals surface area contributed by atoms with Gasteiger partial charge < -0.3 is 16.0 Å². The van der Waals surface area contributed by atoms with E-state index in [0.29, 0.717) is 11.0 Å². The second kappa shape index (κ2) is 10.3. The summed E-state index contributed by atoms with van der Waals surface area (Å²) in [6, 6.07) is 5.44. The van der Waals surface area contributed by atoms with Gasteiger partial charge in [-0.15, -0.1) is 10.2 Å². The largest absolute Gasteiger partial charge is 0.482 e. The molecule has 1 aromatic carbocycles. The van der Waals surface area contributed by atoms with Crippen LogP contribution in [0.15, 0.2) is 59.1 Å². The monoisotopic (exact) mass is 469 g/mol. The number of allylic oxidation sites excluding steroid dienone is 1. The lowest BCUT2D eigenvalue weighted by Gasteiger charge is -2.16. The minimum Gasteiger partial charge on any atom is -0.482 e. The molecule has 1 aliphatic carbocycles. The second-order valence-corrected chi connectivity index (χ2v) is 8.38. The highest BCUT2D eigenvalue weighted by Crippen LogP contribution is 2.31. The zero-order chi connectivity index (χ0) is 23.2. The van der Waals surface area contributed by atoms with Crippen molar-refractivity contribution in [1.82, 2.24) is 19.7 Å². The molecule has 0 radical (unpaired) electrons. The number of hydrazone groups is 1. The van der Waals surface area contributed by atoms with Gasteiger partial charge in [-0.3, -0.25) is 9.55 Å². The third-order valence-corrected chi connectivity index (χ3v) is 6.17. The highest BCUT2D eigenvalue weighted by atomic mass is 32.2. The Bertz CT molecular complexity index is 1200. The van der Waals surface area contributed by atoms with Gasteiger partial charge in [0, 0.05) is 29.3 Å². The summed E-state index contributed by atoms with van der Waals surface area (Å²) in [6.07, 6.45) is 11.6. The van der Waals surface area contributed by atoms with E-state index < -0.39 is 11.6 Å². The lowest BCUT2D eigenvalue weighted by Crippen LogP contribution is -2.11. The number of rotatable bonds is 8. The normalized spacial score (nSPS) is 16.1. The fourth-order valence-corrected chi connectivity index (χ4v) is 4.54. The van der Waals surface area contributed by atoms with Gasteiger partial charge in [0.15, 0.2) is 22.5 Å². The van der Waals surface area contributed by atoms with Crippen LogP contribution in [-0.4, -0.2) is 36.9 Å². The predicted octanol–water partition coefficient (Wildman–Crippen LogP) is 4.03. The van der Waals surface area contributed by atoms with Gasteiger partial charge in [0.1, 0.15) is 18.1 Å². The lowest BCUT2D eigenvalue weighted by atomic mass is 10.1. The van der Waals surface area contributed by atoms with E-state index in [-0.39, 0.29) is 28.9 Å². The molecule has 0 amide bonds. The maximum atomic E-state index is 14.6. The van der Waals surface area contributed by atoms with Gasteiger partial charge in [-0.05, 0) is 37.5 Å². The summed E-state index contributed by atoms with van der Waals surface area (Å²) in [4.78, 5) is 4.17. The topological polar surface area (TPSA) is 115 Å². The molecule has 2 heterocycles. The molecule has 4 rings (SSSR count). The number of nitrogens with two attached hydrogens (primary N) is 1. The van der Waals surface area contributed by atoms with Crippen LogP contribution >= 0.6 is 11.8 Å². The summed E-state index contributed by atoms with van der Waals surface area (Å²) in [7, 11) is 0. The summed E-state index contributed by atoms with van der Waals surface area (Å²) >= 11 is 1.58. The number of halogens is 2. The van der Waals surface area contributed by atoms with E-state index in [1.807, 2.05) is 6.07 Å². The third-order valence-electron chi connectivity index (χ3n) is 5.00. The minimum absolute atomic E-state index is 0.152. The Labute approximate surface area is 193 Å². The lowest BCUT2D eigenvalue weighted by molar-refractivity contribution is 0.276. The molecule has 0 spiro atoms. The quantitative estimate of drug-likeness (QED) is 0.223. The highest BCUT2D eigenvalue weighted by molar-refractivity contribution is 7.99. The van der Waals surface area contributed by atoms with E-state index in [1.54, 1.807) is 34.8 Å². The summed E-state index contributed by atoms with van der Waals surface area (Å²) < 4.78 is 36.4. The Morgan fingerprint density at radius 3 is 2.91 bits per heavy atom. The van der Waals surface area contributed by atoms with Gasteiger partial charge in [-0.25, -0.2) is 8.78 Å². The number of ether oxygens (including phenoxy) is 1. The van der Waals surface area contributed by atoms with Gasteiger partial charge in [-0.1, -0.05) is 23.9 Å². The fraction of sp³-hybridized carbons (Fsp3) is 0.227. The van der Waals surface area contributed by atoms with Crippen molar-refractivity contribution in [2.75, 3.05) is 0 Å². The molecule has 2 aromatic heterocycles. The Balaban J connectivity index is 1.61. The molecule has 0 fully saturated rings. The number of nitrogens with one attached hydrogen (secondary N) is 1. The Morgan fingerprint density at radius 2 is 2.21 bits per heavy atom. The van der Waals surface area contributed by atoms with Crippen molar-refractivity contribution in [2.45, 2.75) is 36.3 Å². The van der Waals surface area contributed by atoms with Gasteiger partial charge in [-0.2, -0.15) is 5.10 Å². The molecule has 1 atom stereocenters.